The summed E-state index contributed by atoms with van der Waals surface area (Å²) in [6.45, 7) is 2.20. The number of carbonyl (C=O) groups is 1. The topological polar surface area (TPSA) is 84.3 Å². The second-order valence-corrected chi connectivity index (χ2v) is 10.1. The van der Waals surface area contributed by atoms with Crippen molar-refractivity contribution in [2.75, 3.05) is 14.1 Å². The Morgan fingerprint density at radius 2 is 2.00 bits per heavy atom. The highest BCUT2D eigenvalue weighted by Gasteiger charge is 2.23. The Morgan fingerprint density at radius 3 is 2.68 bits per heavy atom. The quantitative estimate of drug-likeness (QED) is 0.799. The Labute approximate surface area is 167 Å². The maximum absolute atomic E-state index is 12.4. The Bertz CT molecular complexity index is 965. The maximum Gasteiger partial charge on any atom is 0.242 e. The molecule has 2 atom stereocenters. The Balaban J connectivity index is 1.71. The van der Waals surface area contributed by atoms with Gasteiger partial charge in [-0.05, 0) is 37.0 Å². The van der Waals surface area contributed by atoms with E-state index in [4.69, 9.17) is 0 Å². The van der Waals surface area contributed by atoms with Crippen LogP contribution in [0, 0.1) is 5.92 Å². The molecule has 1 N–H and O–H groups in total. The van der Waals surface area contributed by atoms with Crippen LogP contribution in [0.4, 0.5) is 0 Å². The lowest BCUT2D eigenvalue weighted by molar-refractivity contribution is -0.122. The summed E-state index contributed by atoms with van der Waals surface area (Å²) in [6, 6.07) is 5.24. The minimum absolute atomic E-state index is 0.0571. The SMILES string of the molecule is CC1CCCCC1NC(=O)CCc1nc2cc(S(=O)(=O)N(C)C)ccc2n1C. The first-order valence-corrected chi connectivity index (χ1v) is 11.3. The summed E-state index contributed by atoms with van der Waals surface area (Å²) in [5.74, 6) is 1.37. The van der Waals surface area contributed by atoms with Crippen LogP contribution in [0.3, 0.4) is 0 Å². The van der Waals surface area contributed by atoms with E-state index in [0.29, 0.717) is 24.3 Å². The molecule has 7 nitrogen and oxygen atoms in total. The van der Waals surface area contributed by atoms with Crippen LogP contribution >= 0.6 is 0 Å². The van der Waals surface area contributed by atoms with Gasteiger partial charge in [-0.3, -0.25) is 4.79 Å². The van der Waals surface area contributed by atoms with E-state index in [1.807, 2.05) is 11.6 Å². The fraction of sp³-hybridized carbons (Fsp3) is 0.600. The molecule has 1 saturated carbocycles. The van der Waals surface area contributed by atoms with Crippen LogP contribution in [0.5, 0.6) is 0 Å². The second-order valence-electron chi connectivity index (χ2n) is 7.96. The number of amides is 1. The molecule has 1 aliphatic rings. The molecule has 2 aromatic rings. The number of imidazole rings is 1. The van der Waals surface area contributed by atoms with Crippen molar-refractivity contribution >= 4 is 27.0 Å². The molecule has 1 amide bonds. The number of carbonyl (C=O) groups excluding carboxylic acids is 1. The molecule has 28 heavy (non-hydrogen) atoms. The molecule has 1 fully saturated rings. The number of rotatable bonds is 6. The molecule has 0 bridgehead atoms. The third-order valence-corrected chi connectivity index (χ3v) is 7.57. The number of aromatic nitrogens is 2. The number of nitrogens with one attached hydrogen (secondary N) is 1. The van der Waals surface area contributed by atoms with E-state index < -0.39 is 10.0 Å². The van der Waals surface area contributed by atoms with E-state index in [9.17, 15) is 13.2 Å². The largest absolute Gasteiger partial charge is 0.353 e. The third kappa shape index (κ3) is 4.22. The Hall–Kier alpha value is -1.93. The lowest BCUT2D eigenvalue weighted by atomic mass is 9.86. The average Bonchev–Trinajstić information content (AvgIpc) is 2.97. The van der Waals surface area contributed by atoms with Gasteiger partial charge < -0.3 is 9.88 Å². The summed E-state index contributed by atoms with van der Waals surface area (Å²) in [5.41, 5.74) is 1.48. The predicted octanol–water partition coefficient (Wildman–Crippen LogP) is 2.45. The fourth-order valence-electron chi connectivity index (χ4n) is 3.86. The number of fused-ring (bicyclic) bond motifs is 1. The van der Waals surface area contributed by atoms with Crippen LogP contribution in [-0.2, 0) is 28.3 Å². The third-order valence-electron chi connectivity index (χ3n) is 5.76. The zero-order valence-electron chi connectivity index (χ0n) is 17.1. The van der Waals surface area contributed by atoms with Gasteiger partial charge in [0.2, 0.25) is 15.9 Å². The average molecular weight is 407 g/mol. The lowest BCUT2D eigenvalue weighted by Crippen LogP contribution is -2.41. The highest BCUT2D eigenvalue weighted by Crippen LogP contribution is 2.24. The molecule has 3 rings (SSSR count). The molecule has 0 spiro atoms. The van der Waals surface area contributed by atoms with Crippen molar-refractivity contribution in [3.05, 3.63) is 24.0 Å². The van der Waals surface area contributed by atoms with Gasteiger partial charge in [-0.2, -0.15) is 0 Å². The number of sulfonamides is 1. The minimum Gasteiger partial charge on any atom is -0.353 e. The first-order chi connectivity index (χ1) is 13.2. The number of benzene rings is 1. The molecule has 8 heteroatoms. The molecule has 1 aromatic carbocycles. The number of aryl methyl sites for hydroxylation is 2. The van der Waals surface area contributed by atoms with Crippen LogP contribution in [0.1, 0.15) is 44.9 Å². The smallest absolute Gasteiger partial charge is 0.242 e. The van der Waals surface area contributed by atoms with Gasteiger partial charge in [0.15, 0.2) is 0 Å². The molecule has 1 aromatic heterocycles. The summed E-state index contributed by atoms with van der Waals surface area (Å²) in [4.78, 5) is 17.2. The molecule has 0 radical (unpaired) electrons. The molecular formula is C20H30N4O3S. The van der Waals surface area contributed by atoms with E-state index in [1.165, 1.54) is 37.7 Å². The fourth-order valence-corrected chi connectivity index (χ4v) is 4.78. The van der Waals surface area contributed by atoms with Gasteiger partial charge in [0.25, 0.3) is 0 Å². The van der Waals surface area contributed by atoms with Gasteiger partial charge in [0, 0.05) is 40.0 Å². The van der Waals surface area contributed by atoms with E-state index >= 15 is 0 Å². The van der Waals surface area contributed by atoms with Crippen LogP contribution in [0.25, 0.3) is 11.0 Å². The number of hydrogen-bond donors (Lipinski definition) is 1. The lowest BCUT2D eigenvalue weighted by Gasteiger charge is -2.29. The van der Waals surface area contributed by atoms with Crippen molar-refractivity contribution in [2.24, 2.45) is 13.0 Å². The molecule has 1 aliphatic carbocycles. The molecule has 0 saturated heterocycles. The highest BCUT2D eigenvalue weighted by molar-refractivity contribution is 7.89. The van der Waals surface area contributed by atoms with Crippen molar-refractivity contribution in [2.45, 2.75) is 56.4 Å². The second kappa shape index (κ2) is 8.21. The van der Waals surface area contributed by atoms with Gasteiger partial charge in [-0.1, -0.05) is 19.8 Å². The summed E-state index contributed by atoms with van der Waals surface area (Å²) in [7, 11) is 1.41. The first kappa shape index (κ1) is 20.8. The summed E-state index contributed by atoms with van der Waals surface area (Å²) < 4.78 is 27.8. The minimum atomic E-state index is -3.50. The predicted molar refractivity (Wildman–Crippen MR) is 109 cm³/mol. The first-order valence-electron chi connectivity index (χ1n) is 9.87. The van der Waals surface area contributed by atoms with Crippen molar-refractivity contribution in [3.8, 4) is 0 Å². The summed E-state index contributed by atoms with van der Waals surface area (Å²) in [5, 5.41) is 3.17. The monoisotopic (exact) mass is 406 g/mol. The molecule has 154 valence electrons. The van der Waals surface area contributed by atoms with E-state index in [1.54, 1.807) is 18.2 Å². The van der Waals surface area contributed by atoms with Gasteiger partial charge in [0.1, 0.15) is 5.82 Å². The van der Waals surface area contributed by atoms with Gasteiger partial charge in [-0.15, -0.1) is 0 Å². The van der Waals surface area contributed by atoms with Crippen LogP contribution in [0.2, 0.25) is 0 Å². The van der Waals surface area contributed by atoms with Crippen molar-refractivity contribution in [3.63, 3.8) is 0 Å². The van der Waals surface area contributed by atoms with Gasteiger partial charge >= 0.3 is 0 Å². The van der Waals surface area contributed by atoms with E-state index in [0.717, 1.165) is 17.8 Å². The van der Waals surface area contributed by atoms with E-state index in [2.05, 4.69) is 17.2 Å². The zero-order chi connectivity index (χ0) is 20.5. The van der Waals surface area contributed by atoms with Crippen molar-refractivity contribution in [1.29, 1.82) is 0 Å². The Kier molecular flexibility index (Phi) is 6.09. The molecule has 2 unspecified atom stereocenters. The highest BCUT2D eigenvalue weighted by atomic mass is 32.2. The van der Waals surface area contributed by atoms with Crippen molar-refractivity contribution < 1.29 is 13.2 Å². The maximum atomic E-state index is 12.4. The molecule has 0 aliphatic heterocycles. The number of nitrogens with zero attached hydrogens (tertiary/aromatic N) is 3. The number of hydrogen-bond acceptors (Lipinski definition) is 4. The van der Waals surface area contributed by atoms with Gasteiger partial charge in [0.05, 0.1) is 15.9 Å². The van der Waals surface area contributed by atoms with Crippen molar-refractivity contribution in [1.82, 2.24) is 19.2 Å². The summed E-state index contributed by atoms with van der Waals surface area (Å²) in [6.07, 6.45) is 5.56. The molecule has 1 heterocycles. The standard InChI is InChI=1S/C20H30N4O3S/c1-14-7-5-6-8-16(14)22-20(25)12-11-19-21-17-13-15(28(26,27)23(2)3)9-10-18(17)24(19)4/h9-10,13-14,16H,5-8,11-12H2,1-4H3,(H,22,25). The normalized spacial score (nSPS) is 20.6. The van der Waals surface area contributed by atoms with Crippen LogP contribution in [0.15, 0.2) is 23.1 Å². The van der Waals surface area contributed by atoms with E-state index in [-0.39, 0.29) is 16.8 Å². The Morgan fingerprint density at radius 1 is 1.29 bits per heavy atom. The zero-order valence-corrected chi connectivity index (χ0v) is 17.9. The molecular weight excluding hydrogens is 376 g/mol. The van der Waals surface area contributed by atoms with Crippen LogP contribution in [-0.4, -0.2) is 48.3 Å². The van der Waals surface area contributed by atoms with Gasteiger partial charge in [-0.25, -0.2) is 17.7 Å². The summed E-state index contributed by atoms with van der Waals surface area (Å²) >= 11 is 0. The van der Waals surface area contributed by atoms with Crippen LogP contribution < -0.4 is 5.32 Å².